The Bertz CT molecular complexity index is 1070. The molecule has 0 bridgehead atoms. The van der Waals surface area contributed by atoms with Crippen molar-refractivity contribution in [2.24, 2.45) is 4.99 Å². The van der Waals surface area contributed by atoms with Crippen molar-refractivity contribution in [3.63, 3.8) is 0 Å². The Morgan fingerprint density at radius 1 is 0.926 bits per heavy atom. The van der Waals surface area contributed by atoms with E-state index >= 15 is 0 Å². The lowest BCUT2D eigenvalue weighted by molar-refractivity contribution is -0.113. The summed E-state index contributed by atoms with van der Waals surface area (Å²) in [5.41, 5.74) is 3.15. The van der Waals surface area contributed by atoms with E-state index in [9.17, 15) is 9.18 Å². The molecule has 1 aliphatic rings. The van der Waals surface area contributed by atoms with Crippen LogP contribution in [-0.4, -0.2) is 11.7 Å². The van der Waals surface area contributed by atoms with Crippen molar-refractivity contribution >= 4 is 23.5 Å². The van der Waals surface area contributed by atoms with Crippen LogP contribution < -0.4 is 4.90 Å². The van der Waals surface area contributed by atoms with Crippen LogP contribution in [0.3, 0.4) is 0 Å². The summed E-state index contributed by atoms with van der Waals surface area (Å²) in [6.45, 7) is 1.97. The Hall–Kier alpha value is -3.53. The van der Waals surface area contributed by atoms with E-state index in [1.807, 2.05) is 61.5 Å². The molecule has 0 N–H and O–H groups in total. The van der Waals surface area contributed by atoms with Gasteiger partial charge in [-0.15, -0.1) is 0 Å². The molecule has 3 nitrogen and oxygen atoms in total. The lowest BCUT2D eigenvalue weighted by atomic mass is 10.1. The van der Waals surface area contributed by atoms with Crippen LogP contribution in [-0.2, 0) is 4.79 Å². The Labute approximate surface area is 157 Å². The molecule has 4 rings (SSSR count). The molecular formula is C23H17FN2O. The Morgan fingerprint density at radius 3 is 2.41 bits per heavy atom. The highest BCUT2D eigenvalue weighted by molar-refractivity contribution is 6.33. The second-order valence-corrected chi connectivity index (χ2v) is 6.33. The fourth-order valence-corrected chi connectivity index (χ4v) is 3.04. The Balaban J connectivity index is 1.85. The van der Waals surface area contributed by atoms with Gasteiger partial charge < -0.3 is 0 Å². The lowest BCUT2D eigenvalue weighted by Gasteiger charge is -2.19. The summed E-state index contributed by atoms with van der Waals surface area (Å²) in [5.74, 6) is -0.125. The third kappa shape index (κ3) is 3.29. The van der Waals surface area contributed by atoms with Gasteiger partial charge in [-0.2, -0.15) is 0 Å². The Morgan fingerprint density at radius 2 is 1.67 bits per heavy atom. The number of rotatable bonds is 3. The first kappa shape index (κ1) is 16.9. The Kier molecular flexibility index (Phi) is 4.38. The molecule has 0 saturated heterocycles. The number of benzene rings is 3. The van der Waals surface area contributed by atoms with E-state index in [1.54, 1.807) is 23.1 Å². The van der Waals surface area contributed by atoms with Gasteiger partial charge in [-0.1, -0.05) is 60.7 Å². The predicted molar refractivity (Wildman–Crippen MR) is 106 cm³/mol. The minimum absolute atomic E-state index is 0.209. The smallest absolute Gasteiger partial charge is 0.266 e. The molecule has 3 aromatic carbocycles. The van der Waals surface area contributed by atoms with Crippen LogP contribution >= 0.6 is 0 Å². The zero-order valence-corrected chi connectivity index (χ0v) is 14.8. The quantitative estimate of drug-likeness (QED) is 0.610. The van der Waals surface area contributed by atoms with Gasteiger partial charge >= 0.3 is 0 Å². The molecule has 0 spiro atoms. The summed E-state index contributed by atoms with van der Waals surface area (Å²) in [6, 6.07) is 23.5. The number of anilines is 1. The summed E-state index contributed by atoms with van der Waals surface area (Å²) >= 11 is 0. The SMILES string of the molecule is Cc1cccc(N2C(=O)/C(=C\c3ccccc3F)N=C2c2ccccc2)c1. The summed E-state index contributed by atoms with van der Waals surface area (Å²) < 4.78 is 14.0. The highest BCUT2D eigenvalue weighted by Gasteiger charge is 2.32. The summed E-state index contributed by atoms with van der Waals surface area (Å²) in [6.07, 6.45) is 1.50. The van der Waals surface area contributed by atoms with Crippen molar-refractivity contribution in [2.45, 2.75) is 6.92 Å². The maximum absolute atomic E-state index is 14.0. The number of halogens is 1. The number of amidine groups is 1. The van der Waals surface area contributed by atoms with Crippen LogP contribution in [0.5, 0.6) is 0 Å². The number of carbonyl (C=O) groups excluding carboxylic acids is 1. The number of hydrogen-bond donors (Lipinski definition) is 0. The maximum atomic E-state index is 14.0. The van der Waals surface area contributed by atoms with Crippen LogP contribution in [0.4, 0.5) is 10.1 Å². The van der Waals surface area contributed by atoms with Gasteiger partial charge in [0, 0.05) is 11.1 Å². The highest BCUT2D eigenvalue weighted by Crippen LogP contribution is 2.28. The first-order valence-corrected chi connectivity index (χ1v) is 8.65. The fraction of sp³-hybridized carbons (Fsp3) is 0.0435. The van der Waals surface area contributed by atoms with Gasteiger partial charge in [0.15, 0.2) is 0 Å². The van der Waals surface area contributed by atoms with E-state index in [0.717, 1.165) is 16.8 Å². The van der Waals surface area contributed by atoms with Gasteiger partial charge in [0.05, 0.1) is 5.69 Å². The van der Waals surface area contributed by atoms with Crippen molar-refractivity contribution in [1.29, 1.82) is 0 Å². The number of carbonyl (C=O) groups is 1. The molecule has 0 radical (unpaired) electrons. The van der Waals surface area contributed by atoms with Crippen molar-refractivity contribution < 1.29 is 9.18 Å². The average molecular weight is 356 g/mol. The van der Waals surface area contributed by atoms with Gasteiger partial charge in [0.25, 0.3) is 5.91 Å². The topological polar surface area (TPSA) is 32.7 Å². The minimum atomic E-state index is -0.386. The third-order valence-electron chi connectivity index (χ3n) is 4.35. The number of nitrogens with zero attached hydrogens (tertiary/aromatic N) is 2. The average Bonchev–Trinajstić information content (AvgIpc) is 3.01. The van der Waals surface area contributed by atoms with Gasteiger partial charge in [0.1, 0.15) is 17.3 Å². The maximum Gasteiger partial charge on any atom is 0.282 e. The number of aliphatic imine (C=N–C) groups is 1. The number of aryl methyl sites for hydroxylation is 1. The molecule has 0 unspecified atom stereocenters. The predicted octanol–water partition coefficient (Wildman–Crippen LogP) is 4.97. The molecular weight excluding hydrogens is 339 g/mol. The third-order valence-corrected chi connectivity index (χ3v) is 4.35. The van der Waals surface area contributed by atoms with Gasteiger partial charge in [-0.05, 0) is 36.8 Å². The van der Waals surface area contributed by atoms with Gasteiger partial charge in [-0.25, -0.2) is 9.38 Å². The summed E-state index contributed by atoms with van der Waals surface area (Å²) in [4.78, 5) is 19.3. The van der Waals surface area contributed by atoms with E-state index in [1.165, 1.54) is 12.1 Å². The zero-order chi connectivity index (χ0) is 18.8. The molecule has 1 amide bonds. The van der Waals surface area contributed by atoms with E-state index in [2.05, 4.69) is 4.99 Å². The fourth-order valence-electron chi connectivity index (χ4n) is 3.04. The van der Waals surface area contributed by atoms with Gasteiger partial charge in [-0.3, -0.25) is 9.69 Å². The molecule has 0 aliphatic carbocycles. The largest absolute Gasteiger partial charge is 0.282 e. The van der Waals surface area contributed by atoms with Crippen molar-refractivity contribution in [2.75, 3.05) is 4.90 Å². The molecule has 0 saturated carbocycles. The van der Waals surface area contributed by atoms with Crippen LogP contribution in [0.25, 0.3) is 6.08 Å². The molecule has 132 valence electrons. The van der Waals surface area contributed by atoms with E-state index in [-0.39, 0.29) is 17.4 Å². The first-order valence-electron chi connectivity index (χ1n) is 8.65. The van der Waals surface area contributed by atoms with E-state index < -0.39 is 0 Å². The molecule has 1 heterocycles. The standard InChI is InChI=1S/C23H17FN2O/c1-16-8-7-12-19(14-16)26-22(17-9-3-2-4-10-17)25-21(23(26)27)15-18-11-5-6-13-20(18)24/h2-15H,1H3/b21-15+. The molecule has 4 heteroatoms. The normalized spacial score (nSPS) is 15.3. The molecule has 1 aliphatic heterocycles. The molecule has 3 aromatic rings. The summed E-state index contributed by atoms with van der Waals surface area (Å²) in [5, 5.41) is 0. The van der Waals surface area contributed by atoms with Crippen molar-refractivity contribution in [3.8, 4) is 0 Å². The lowest BCUT2D eigenvalue weighted by Crippen LogP contribution is -2.32. The van der Waals surface area contributed by atoms with Crippen molar-refractivity contribution in [1.82, 2.24) is 0 Å². The van der Waals surface area contributed by atoms with Crippen LogP contribution in [0.1, 0.15) is 16.7 Å². The molecule has 0 aromatic heterocycles. The summed E-state index contributed by atoms with van der Waals surface area (Å²) in [7, 11) is 0. The number of amides is 1. The molecule has 0 fully saturated rings. The van der Waals surface area contributed by atoms with Gasteiger partial charge in [0.2, 0.25) is 0 Å². The second-order valence-electron chi connectivity index (χ2n) is 6.33. The second kappa shape index (κ2) is 7.00. The van der Waals surface area contributed by atoms with Crippen LogP contribution in [0, 0.1) is 12.7 Å². The monoisotopic (exact) mass is 356 g/mol. The van der Waals surface area contributed by atoms with Crippen LogP contribution in [0.2, 0.25) is 0 Å². The van der Waals surface area contributed by atoms with Crippen LogP contribution in [0.15, 0.2) is 89.6 Å². The van der Waals surface area contributed by atoms with E-state index in [0.29, 0.717) is 11.4 Å². The minimum Gasteiger partial charge on any atom is -0.266 e. The first-order chi connectivity index (χ1) is 13.1. The van der Waals surface area contributed by atoms with E-state index in [4.69, 9.17) is 0 Å². The van der Waals surface area contributed by atoms with Crippen molar-refractivity contribution in [3.05, 3.63) is 107 Å². The highest BCUT2D eigenvalue weighted by atomic mass is 19.1. The molecule has 27 heavy (non-hydrogen) atoms. The number of hydrogen-bond acceptors (Lipinski definition) is 2. The zero-order valence-electron chi connectivity index (χ0n) is 14.8. The molecule has 0 atom stereocenters.